The number of nitriles is 1. The van der Waals surface area contributed by atoms with Gasteiger partial charge in [0.15, 0.2) is 5.78 Å². The molecular weight excluding hydrogens is 434 g/mol. The van der Waals surface area contributed by atoms with E-state index in [1.165, 1.54) is 0 Å². The first-order valence-corrected chi connectivity index (χ1v) is 10.9. The molecule has 0 fully saturated rings. The number of carbonyl (C=O) groups is 2. The fraction of sp³-hybridized carbons (Fsp3) is 0.148. The molecular formula is C27H22ClN3O2. The van der Waals surface area contributed by atoms with E-state index in [1.807, 2.05) is 48.4 Å². The van der Waals surface area contributed by atoms with Crippen molar-refractivity contribution in [1.82, 2.24) is 4.90 Å². The molecule has 1 atom stereocenters. The molecule has 1 aliphatic heterocycles. The van der Waals surface area contributed by atoms with Crippen LogP contribution in [0.2, 0.25) is 5.02 Å². The number of carbonyl (C=O) groups excluding carboxylic acids is 2. The van der Waals surface area contributed by atoms with E-state index in [0.29, 0.717) is 40.4 Å². The van der Waals surface area contributed by atoms with Gasteiger partial charge < -0.3 is 10.2 Å². The lowest BCUT2D eigenvalue weighted by Gasteiger charge is -2.35. The maximum Gasteiger partial charge on any atom is 0.250 e. The Morgan fingerprint density at radius 1 is 1.09 bits per heavy atom. The standard InChI is InChI=1S/C27H22ClN3O2/c1-27(13-6-14-31(27)18-20-8-5-7-19(15-20)17-29)26(33)30-24-12-11-22(28)16-23(24)25(32)21-9-3-2-4-10-21/h2-12,14-16H,13,18H2,1H3,(H,30,33)/t27-/m1/s1. The van der Waals surface area contributed by atoms with Gasteiger partial charge in [0, 0.05) is 22.7 Å². The molecule has 1 aliphatic rings. The van der Waals surface area contributed by atoms with Gasteiger partial charge in [0.2, 0.25) is 5.91 Å². The molecule has 6 heteroatoms. The van der Waals surface area contributed by atoms with Crippen LogP contribution in [-0.4, -0.2) is 22.1 Å². The van der Waals surface area contributed by atoms with Gasteiger partial charge in [-0.1, -0.05) is 60.1 Å². The van der Waals surface area contributed by atoms with Crippen molar-refractivity contribution in [3.63, 3.8) is 0 Å². The molecule has 33 heavy (non-hydrogen) atoms. The topological polar surface area (TPSA) is 73.2 Å². The molecule has 164 valence electrons. The number of benzene rings is 3. The van der Waals surface area contributed by atoms with Crippen molar-refractivity contribution in [3.8, 4) is 6.07 Å². The van der Waals surface area contributed by atoms with E-state index in [-0.39, 0.29) is 11.7 Å². The number of rotatable bonds is 6. The van der Waals surface area contributed by atoms with Crippen LogP contribution in [0, 0.1) is 11.3 Å². The summed E-state index contributed by atoms with van der Waals surface area (Å²) in [6.45, 7) is 2.34. The highest BCUT2D eigenvalue weighted by Gasteiger charge is 2.40. The summed E-state index contributed by atoms with van der Waals surface area (Å²) in [4.78, 5) is 28.5. The number of amides is 1. The summed E-state index contributed by atoms with van der Waals surface area (Å²) in [5, 5.41) is 12.5. The Hall–Kier alpha value is -3.88. The fourth-order valence-corrected chi connectivity index (χ4v) is 4.06. The summed E-state index contributed by atoms with van der Waals surface area (Å²) in [7, 11) is 0. The molecule has 5 nitrogen and oxygen atoms in total. The summed E-state index contributed by atoms with van der Waals surface area (Å²) in [5.41, 5.74) is 1.93. The molecule has 0 aliphatic carbocycles. The highest BCUT2D eigenvalue weighted by Crippen LogP contribution is 2.32. The lowest BCUT2D eigenvalue weighted by Crippen LogP contribution is -2.49. The predicted molar refractivity (Wildman–Crippen MR) is 129 cm³/mol. The maximum absolute atomic E-state index is 13.5. The zero-order chi connectivity index (χ0) is 23.4. The molecule has 0 unspecified atom stereocenters. The summed E-state index contributed by atoms with van der Waals surface area (Å²) >= 11 is 6.17. The zero-order valence-corrected chi connectivity index (χ0v) is 18.8. The molecule has 0 bridgehead atoms. The minimum Gasteiger partial charge on any atom is -0.359 e. The van der Waals surface area contributed by atoms with Crippen molar-refractivity contribution < 1.29 is 9.59 Å². The molecule has 0 aromatic heterocycles. The Morgan fingerprint density at radius 3 is 2.64 bits per heavy atom. The first-order valence-electron chi connectivity index (χ1n) is 10.5. The Balaban J connectivity index is 1.59. The van der Waals surface area contributed by atoms with Crippen LogP contribution in [0.4, 0.5) is 5.69 Å². The number of halogens is 1. The lowest BCUT2D eigenvalue weighted by molar-refractivity contribution is -0.125. The largest absolute Gasteiger partial charge is 0.359 e. The van der Waals surface area contributed by atoms with E-state index in [0.717, 1.165) is 5.56 Å². The second-order valence-electron chi connectivity index (χ2n) is 8.14. The van der Waals surface area contributed by atoms with Gasteiger partial charge in [0.25, 0.3) is 0 Å². The predicted octanol–water partition coefficient (Wildman–Crippen LogP) is 5.56. The normalized spacial score (nSPS) is 16.9. The quantitative estimate of drug-likeness (QED) is 0.494. The zero-order valence-electron chi connectivity index (χ0n) is 18.1. The highest BCUT2D eigenvalue weighted by atomic mass is 35.5. The molecule has 0 saturated carbocycles. The summed E-state index contributed by atoms with van der Waals surface area (Å²) in [5.74, 6) is -0.443. The van der Waals surface area contributed by atoms with Crippen LogP contribution in [-0.2, 0) is 11.3 Å². The number of nitrogens with zero attached hydrogens (tertiary/aromatic N) is 2. The Bertz CT molecular complexity index is 1280. The smallest absolute Gasteiger partial charge is 0.250 e. The first kappa shape index (κ1) is 22.3. The van der Waals surface area contributed by atoms with Crippen LogP contribution < -0.4 is 5.32 Å². The van der Waals surface area contributed by atoms with Gasteiger partial charge in [-0.05, 0) is 55.4 Å². The van der Waals surface area contributed by atoms with Crippen LogP contribution in [0.15, 0.2) is 85.1 Å². The van der Waals surface area contributed by atoms with Crippen molar-refractivity contribution in [2.45, 2.75) is 25.4 Å². The number of hydrogen-bond donors (Lipinski definition) is 1. The molecule has 4 rings (SSSR count). The third-order valence-electron chi connectivity index (χ3n) is 5.84. The van der Waals surface area contributed by atoms with E-state index >= 15 is 0 Å². The molecule has 0 saturated heterocycles. The van der Waals surface area contributed by atoms with Crippen LogP contribution in [0.25, 0.3) is 0 Å². The molecule has 1 heterocycles. The average Bonchev–Trinajstić information content (AvgIpc) is 3.21. The van der Waals surface area contributed by atoms with E-state index in [2.05, 4.69) is 11.4 Å². The second kappa shape index (κ2) is 9.32. The number of anilines is 1. The van der Waals surface area contributed by atoms with E-state index in [1.54, 1.807) is 48.5 Å². The van der Waals surface area contributed by atoms with Gasteiger partial charge in [-0.3, -0.25) is 9.59 Å². The fourth-order valence-electron chi connectivity index (χ4n) is 3.89. The Labute approximate surface area is 197 Å². The van der Waals surface area contributed by atoms with Gasteiger partial charge in [-0.15, -0.1) is 0 Å². The molecule has 1 amide bonds. The third-order valence-corrected chi connectivity index (χ3v) is 6.08. The van der Waals surface area contributed by atoms with Crippen molar-refractivity contribution in [2.75, 3.05) is 5.32 Å². The number of ketones is 1. The summed E-state index contributed by atoms with van der Waals surface area (Å²) in [6, 6.07) is 23.2. The number of hydrogen-bond acceptors (Lipinski definition) is 4. The Kier molecular flexibility index (Phi) is 6.30. The monoisotopic (exact) mass is 455 g/mol. The van der Waals surface area contributed by atoms with Crippen molar-refractivity contribution in [2.24, 2.45) is 0 Å². The van der Waals surface area contributed by atoms with Gasteiger partial charge in [-0.25, -0.2) is 0 Å². The Morgan fingerprint density at radius 2 is 1.88 bits per heavy atom. The van der Waals surface area contributed by atoms with Gasteiger partial charge in [0.05, 0.1) is 17.3 Å². The van der Waals surface area contributed by atoms with Crippen LogP contribution >= 0.6 is 11.6 Å². The van der Waals surface area contributed by atoms with Crippen LogP contribution in [0.1, 0.15) is 40.4 Å². The van der Waals surface area contributed by atoms with Gasteiger partial charge >= 0.3 is 0 Å². The molecule has 0 spiro atoms. The van der Waals surface area contributed by atoms with E-state index in [4.69, 9.17) is 11.6 Å². The molecule has 0 radical (unpaired) electrons. The van der Waals surface area contributed by atoms with Gasteiger partial charge in [-0.2, -0.15) is 5.26 Å². The first-order chi connectivity index (χ1) is 15.9. The van der Waals surface area contributed by atoms with Gasteiger partial charge in [0.1, 0.15) is 5.54 Å². The van der Waals surface area contributed by atoms with Crippen molar-refractivity contribution in [1.29, 1.82) is 5.26 Å². The molecule has 3 aromatic rings. The molecule has 3 aromatic carbocycles. The highest BCUT2D eigenvalue weighted by molar-refractivity contribution is 6.31. The van der Waals surface area contributed by atoms with E-state index in [9.17, 15) is 14.9 Å². The summed E-state index contributed by atoms with van der Waals surface area (Å²) < 4.78 is 0. The molecule has 1 N–H and O–H groups in total. The SMILES string of the molecule is C[C@]1(C(=O)Nc2ccc(Cl)cc2C(=O)c2ccccc2)CC=CN1Cc1cccc(C#N)c1. The number of nitrogens with one attached hydrogen (secondary N) is 1. The average molecular weight is 456 g/mol. The van der Waals surface area contributed by atoms with Crippen molar-refractivity contribution >= 4 is 29.0 Å². The second-order valence-corrected chi connectivity index (χ2v) is 8.58. The van der Waals surface area contributed by atoms with Crippen LogP contribution in [0.5, 0.6) is 0 Å². The maximum atomic E-state index is 13.5. The van der Waals surface area contributed by atoms with E-state index < -0.39 is 5.54 Å². The lowest BCUT2D eigenvalue weighted by atomic mass is 9.95. The van der Waals surface area contributed by atoms with Crippen LogP contribution in [0.3, 0.4) is 0 Å². The summed E-state index contributed by atoms with van der Waals surface area (Å²) in [6.07, 6.45) is 4.37. The minimum atomic E-state index is -0.852. The minimum absolute atomic E-state index is 0.215. The van der Waals surface area contributed by atoms with Crippen molar-refractivity contribution in [3.05, 3.63) is 112 Å². The third kappa shape index (κ3) is 4.67.